The number of fused-ring (bicyclic) bond motifs is 1. The zero-order chi connectivity index (χ0) is 23.4. The minimum atomic E-state index is -0.289. The largest absolute Gasteiger partial charge is 0.493 e. The topological polar surface area (TPSA) is 83.3 Å². The highest BCUT2D eigenvalue weighted by Crippen LogP contribution is 2.40. The van der Waals surface area contributed by atoms with Gasteiger partial charge in [0.05, 0.1) is 45.4 Å². The van der Waals surface area contributed by atoms with E-state index in [2.05, 4.69) is 0 Å². The summed E-state index contributed by atoms with van der Waals surface area (Å²) in [6, 6.07) is 12.6. The molecule has 0 saturated heterocycles. The zero-order valence-electron chi connectivity index (χ0n) is 18.8. The highest BCUT2D eigenvalue weighted by Gasteiger charge is 2.26. The van der Waals surface area contributed by atoms with Gasteiger partial charge in [0.2, 0.25) is 5.75 Å². The number of carbonyl (C=O) groups excluding carboxylic acids is 1. The van der Waals surface area contributed by atoms with E-state index in [0.717, 1.165) is 4.70 Å². The Labute approximate surface area is 195 Å². The van der Waals surface area contributed by atoms with Crippen molar-refractivity contribution in [1.82, 2.24) is 4.98 Å². The molecule has 0 fully saturated rings. The first-order chi connectivity index (χ1) is 16.1. The molecule has 9 heteroatoms. The van der Waals surface area contributed by atoms with Gasteiger partial charge in [-0.25, -0.2) is 4.98 Å². The Hall–Kier alpha value is -3.72. The molecular weight excluding hydrogens is 444 g/mol. The standard InChI is InChI=1S/C24H24N2O6S/c1-5-31-17-9-6-10-20-21(17)25-24(33-20)26(14-16-8-7-11-32-16)23(27)15-12-18(28-2)22(30-4)19(13-15)29-3/h6-13H,5,14H2,1-4H3. The number of para-hydroxylation sites is 1. The fourth-order valence-electron chi connectivity index (χ4n) is 3.44. The Bertz CT molecular complexity index is 1230. The lowest BCUT2D eigenvalue weighted by Gasteiger charge is -2.20. The Morgan fingerprint density at radius 2 is 1.79 bits per heavy atom. The Morgan fingerprint density at radius 1 is 1.03 bits per heavy atom. The van der Waals surface area contributed by atoms with Crippen LogP contribution in [0.2, 0.25) is 0 Å². The number of ether oxygens (including phenoxy) is 4. The van der Waals surface area contributed by atoms with Gasteiger partial charge in [-0.05, 0) is 43.3 Å². The summed E-state index contributed by atoms with van der Waals surface area (Å²) < 4.78 is 28.4. The van der Waals surface area contributed by atoms with E-state index in [1.165, 1.54) is 32.7 Å². The summed E-state index contributed by atoms with van der Waals surface area (Å²) in [4.78, 5) is 20.1. The molecule has 0 aliphatic heterocycles. The van der Waals surface area contributed by atoms with Gasteiger partial charge in [0.25, 0.3) is 5.91 Å². The van der Waals surface area contributed by atoms with Crippen LogP contribution < -0.4 is 23.8 Å². The third-order valence-corrected chi connectivity index (χ3v) is 6.00. The second-order valence-electron chi connectivity index (χ2n) is 6.92. The third kappa shape index (κ3) is 4.45. The number of amides is 1. The first-order valence-electron chi connectivity index (χ1n) is 10.3. The fourth-order valence-corrected chi connectivity index (χ4v) is 4.42. The predicted octanol–water partition coefficient (Wildman–Crippen LogP) is 5.16. The molecule has 0 atom stereocenters. The number of nitrogens with zero attached hydrogens (tertiary/aromatic N) is 2. The van der Waals surface area contributed by atoms with E-state index in [1.807, 2.05) is 31.2 Å². The van der Waals surface area contributed by atoms with Crippen molar-refractivity contribution in [3.8, 4) is 23.0 Å². The third-order valence-electron chi connectivity index (χ3n) is 4.95. The Morgan fingerprint density at radius 3 is 2.39 bits per heavy atom. The minimum Gasteiger partial charge on any atom is -0.493 e. The van der Waals surface area contributed by atoms with Crippen molar-refractivity contribution in [1.29, 1.82) is 0 Å². The van der Waals surface area contributed by atoms with Crippen LogP contribution in [0.5, 0.6) is 23.0 Å². The molecule has 0 bridgehead atoms. The average molecular weight is 469 g/mol. The van der Waals surface area contributed by atoms with Crippen LogP contribution in [0.25, 0.3) is 10.2 Å². The fraction of sp³-hybridized carbons (Fsp3) is 0.250. The van der Waals surface area contributed by atoms with E-state index in [1.54, 1.807) is 29.4 Å². The minimum absolute atomic E-state index is 0.201. The molecule has 0 N–H and O–H groups in total. The number of benzene rings is 2. The maximum atomic E-state index is 13.8. The van der Waals surface area contributed by atoms with Gasteiger partial charge >= 0.3 is 0 Å². The maximum Gasteiger partial charge on any atom is 0.260 e. The Balaban J connectivity index is 1.81. The molecule has 0 unspecified atom stereocenters. The van der Waals surface area contributed by atoms with Gasteiger partial charge in [-0.2, -0.15) is 0 Å². The van der Waals surface area contributed by atoms with Gasteiger partial charge in [-0.15, -0.1) is 0 Å². The second kappa shape index (κ2) is 9.83. The molecule has 33 heavy (non-hydrogen) atoms. The van der Waals surface area contributed by atoms with Crippen LogP contribution in [-0.4, -0.2) is 38.8 Å². The average Bonchev–Trinajstić information content (AvgIpc) is 3.51. The number of methoxy groups -OCH3 is 3. The first-order valence-corrected chi connectivity index (χ1v) is 11.1. The number of furan rings is 1. The summed E-state index contributed by atoms with van der Waals surface area (Å²) in [6.45, 7) is 2.64. The van der Waals surface area contributed by atoms with Gasteiger partial charge in [0, 0.05) is 5.56 Å². The highest BCUT2D eigenvalue weighted by molar-refractivity contribution is 7.22. The molecule has 0 spiro atoms. The summed E-state index contributed by atoms with van der Waals surface area (Å²) >= 11 is 1.40. The van der Waals surface area contributed by atoms with Gasteiger partial charge in [-0.3, -0.25) is 9.69 Å². The van der Waals surface area contributed by atoms with E-state index in [4.69, 9.17) is 28.3 Å². The molecule has 172 valence electrons. The quantitative estimate of drug-likeness (QED) is 0.335. The number of hydrogen-bond donors (Lipinski definition) is 0. The van der Waals surface area contributed by atoms with Crippen LogP contribution in [0.15, 0.2) is 53.1 Å². The van der Waals surface area contributed by atoms with Gasteiger partial charge in [0.1, 0.15) is 17.0 Å². The SMILES string of the molecule is CCOc1cccc2sc(N(Cc3ccco3)C(=O)c3cc(OC)c(OC)c(OC)c3)nc12. The lowest BCUT2D eigenvalue weighted by molar-refractivity contribution is 0.0982. The van der Waals surface area contributed by atoms with Crippen LogP contribution >= 0.6 is 11.3 Å². The molecule has 0 saturated carbocycles. The van der Waals surface area contributed by atoms with Crippen molar-refractivity contribution in [2.45, 2.75) is 13.5 Å². The van der Waals surface area contributed by atoms with E-state index >= 15 is 0 Å². The van der Waals surface area contributed by atoms with Gasteiger partial charge < -0.3 is 23.4 Å². The number of aromatic nitrogens is 1. The molecule has 4 rings (SSSR count). The van der Waals surface area contributed by atoms with Crippen molar-refractivity contribution in [2.24, 2.45) is 0 Å². The van der Waals surface area contributed by atoms with Gasteiger partial charge in [-0.1, -0.05) is 17.4 Å². The van der Waals surface area contributed by atoms with Crippen LogP contribution in [0, 0.1) is 0 Å². The monoisotopic (exact) mass is 468 g/mol. The number of rotatable bonds is 9. The van der Waals surface area contributed by atoms with Crippen LogP contribution in [-0.2, 0) is 6.54 Å². The molecule has 2 aromatic carbocycles. The maximum absolute atomic E-state index is 13.8. The van der Waals surface area contributed by atoms with Crippen LogP contribution in [0.4, 0.5) is 5.13 Å². The van der Waals surface area contributed by atoms with Crippen molar-refractivity contribution in [3.63, 3.8) is 0 Å². The van der Waals surface area contributed by atoms with Crippen molar-refractivity contribution >= 4 is 32.6 Å². The summed E-state index contributed by atoms with van der Waals surface area (Å²) in [6.07, 6.45) is 1.57. The molecular formula is C24H24N2O6S. The lowest BCUT2D eigenvalue weighted by Crippen LogP contribution is -2.30. The van der Waals surface area contributed by atoms with Gasteiger partial charge in [0.15, 0.2) is 16.6 Å². The normalized spacial score (nSPS) is 10.8. The number of hydrogen-bond acceptors (Lipinski definition) is 8. The number of carbonyl (C=O) groups is 1. The molecule has 2 aromatic heterocycles. The molecule has 8 nitrogen and oxygen atoms in total. The van der Waals surface area contributed by atoms with Crippen LogP contribution in [0.3, 0.4) is 0 Å². The smallest absolute Gasteiger partial charge is 0.260 e. The Kier molecular flexibility index (Phi) is 6.69. The zero-order valence-corrected chi connectivity index (χ0v) is 19.6. The molecule has 0 aliphatic carbocycles. The summed E-state index contributed by atoms with van der Waals surface area (Å²) in [5.74, 6) is 2.20. The molecule has 0 radical (unpaired) electrons. The molecule has 0 aliphatic rings. The summed E-state index contributed by atoms with van der Waals surface area (Å²) in [5, 5.41) is 0.521. The van der Waals surface area contributed by atoms with Crippen molar-refractivity contribution in [3.05, 3.63) is 60.1 Å². The summed E-state index contributed by atoms with van der Waals surface area (Å²) in [7, 11) is 4.53. The van der Waals surface area contributed by atoms with E-state index in [-0.39, 0.29) is 12.5 Å². The molecule has 1 amide bonds. The molecule has 4 aromatic rings. The second-order valence-corrected chi connectivity index (χ2v) is 7.93. The highest BCUT2D eigenvalue weighted by atomic mass is 32.1. The van der Waals surface area contributed by atoms with Crippen molar-refractivity contribution < 1.29 is 28.2 Å². The van der Waals surface area contributed by atoms with E-state index in [9.17, 15) is 4.79 Å². The predicted molar refractivity (Wildman–Crippen MR) is 126 cm³/mol. The summed E-state index contributed by atoms with van der Waals surface area (Å²) in [5.41, 5.74) is 1.07. The lowest BCUT2D eigenvalue weighted by atomic mass is 10.1. The first kappa shape index (κ1) is 22.5. The van der Waals surface area contributed by atoms with Crippen LogP contribution in [0.1, 0.15) is 23.0 Å². The number of thiazole rings is 1. The molecule has 2 heterocycles. The van der Waals surface area contributed by atoms with E-state index in [0.29, 0.717) is 51.6 Å². The number of anilines is 1. The van der Waals surface area contributed by atoms with E-state index < -0.39 is 0 Å². The van der Waals surface area contributed by atoms with Crippen molar-refractivity contribution in [2.75, 3.05) is 32.8 Å².